The Morgan fingerprint density at radius 2 is 1.79 bits per heavy atom. The molecule has 0 saturated heterocycles. The summed E-state index contributed by atoms with van der Waals surface area (Å²) in [6.45, 7) is 2.61. The number of nitro groups is 1. The molecule has 2 heterocycles. The number of amidine groups is 2. The fourth-order valence-corrected chi connectivity index (χ4v) is 4.80. The number of rotatable bonds is 13. The third-order valence-electron chi connectivity index (χ3n) is 5.87. The number of carbonyl (C=O) groups is 1. The van der Waals surface area contributed by atoms with Gasteiger partial charge < -0.3 is 9.47 Å². The van der Waals surface area contributed by atoms with Gasteiger partial charge in [0.15, 0.2) is 5.84 Å². The van der Waals surface area contributed by atoms with E-state index in [0.29, 0.717) is 22.2 Å². The zero-order chi connectivity index (χ0) is 26.9. The van der Waals surface area contributed by atoms with Gasteiger partial charge >= 0.3 is 0 Å². The van der Waals surface area contributed by atoms with Crippen molar-refractivity contribution >= 4 is 45.5 Å². The topological polar surface area (TPSA) is 130 Å². The Bertz CT molecular complexity index is 1290. The highest BCUT2D eigenvalue weighted by molar-refractivity contribution is 8.26. The molecule has 0 bridgehead atoms. The molecule has 0 aromatic heterocycles. The maximum Gasteiger partial charge on any atom is 0.283 e. The lowest BCUT2D eigenvalue weighted by Gasteiger charge is -2.20. The Balaban J connectivity index is 1.37. The molecule has 38 heavy (non-hydrogen) atoms. The predicted octanol–water partition coefficient (Wildman–Crippen LogP) is 6.03. The quantitative estimate of drug-likeness (QED) is 0.143. The molecule has 2 aliphatic rings. The number of aliphatic imine (C=N–C) groups is 1. The van der Waals surface area contributed by atoms with Crippen LogP contribution < -0.4 is 9.47 Å². The third-order valence-corrected chi connectivity index (χ3v) is 6.83. The molecule has 2 aromatic rings. The second kappa shape index (κ2) is 13.0. The standard InChI is InChI=1S/C27H29N5O5S/c1-2-3-4-5-6-11-24-30-31-25(28)22(26(33)29-27(31)38-24)18-19-9-7-8-10-23(19)37-17-16-36-21-14-12-20(13-15-21)32(34)35/h7-10,12-15,18,28H,2-6,11,16-17H2,1H3. The molecule has 2 aromatic carbocycles. The number of benzene rings is 2. The van der Waals surface area contributed by atoms with Crippen LogP contribution in [0.5, 0.6) is 11.5 Å². The number of fused-ring (bicyclic) bond motifs is 1. The SMILES string of the molecule is CCCCCCCC1=NN2C(=N)C(=Cc3ccccc3OCCOc3ccc([N+](=O)[O-])cc3)C(=O)N=C2S1. The van der Waals surface area contributed by atoms with Gasteiger partial charge in [0.1, 0.15) is 29.8 Å². The third kappa shape index (κ3) is 6.86. The monoisotopic (exact) mass is 535 g/mol. The molecule has 0 unspecified atom stereocenters. The molecule has 0 atom stereocenters. The van der Waals surface area contributed by atoms with Crippen molar-refractivity contribution in [2.75, 3.05) is 13.2 Å². The van der Waals surface area contributed by atoms with Crippen LogP contribution in [0.3, 0.4) is 0 Å². The van der Waals surface area contributed by atoms with E-state index in [1.54, 1.807) is 18.2 Å². The van der Waals surface area contributed by atoms with Gasteiger partial charge in [-0.2, -0.15) is 15.1 Å². The minimum atomic E-state index is -0.482. The second-order valence-electron chi connectivity index (χ2n) is 8.66. The van der Waals surface area contributed by atoms with Gasteiger partial charge in [-0.1, -0.05) is 50.8 Å². The van der Waals surface area contributed by atoms with Gasteiger partial charge in [-0.25, -0.2) is 0 Å². The van der Waals surface area contributed by atoms with Crippen LogP contribution in [0.4, 0.5) is 5.69 Å². The average Bonchev–Trinajstić information content (AvgIpc) is 3.32. The van der Waals surface area contributed by atoms with Crippen LogP contribution in [-0.4, -0.2) is 45.1 Å². The second-order valence-corrected chi connectivity index (χ2v) is 9.70. The van der Waals surface area contributed by atoms with Crippen LogP contribution in [0.2, 0.25) is 0 Å². The number of carbonyl (C=O) groups excluding carboxylic acids is 1. The van der Waals surface area contributed by atoms with Crippen molar-refractivity contribution in [1.82, 2.24) is 5.01 Å². The number of amides is 1. The predicted molar refractivity (Wildman–Crippen MR) is 149 cm³/mol. The summed E-state index contributed by atoms with van der Waals surface area (Å²) in [5, 5.41) is 26.7. The van der Waals surface area contributed by atoms with Crippen molar-refractivity contribution in [3.63, 3.8) is 0 Å². The van der Waals surface area contributed by atoms with E-state index in [4.69, 9.17) is 14.9 Å². The van der Waals surface area contributed by atoms with E-state index in [1.807, 2.05) is 12.1 Å². The Hall–Kier alpha value is -3.99. The highest BCUT2D eigenvalue weighted by Gasteiger charge is 2.35. The molecule has 0 spiro atoms. The number of hydrazone groups is 1. The number of hydrogen-bond donors (Lipinski definition) is 1. The summed E-state index contributed by atoms with van der Waals surface area (Å²) in [5.41, 5.74) is 0.758. The zero-order valence-electron chi connectivity index (χ0n) is 21.1. The molecular formula is C27H29N5O5S. The van der Waals surface area contributed by atoms with E-state index in [9.17, 15) is 14.9 Å². The molecule has 2 aliphatic heterocycles. The van der Waals surface area contributed by atoms with E-state index in [1.165, 1.54) is 60.3 Å². The maximum absolute atomic E-state index is 12.8. The molecule has 0 fully saturated rings. The van der Waals surface area contributed by atoms with E-state index in [2.05, 4.69) is 17.0 Å². The number of nitrogens with zero attached hydrogens (tertiary/aromatic N) is 4. The lowest BCUT2D eigenvalue weighted by molar-refractivity contribution is -0.384. The Labute approximate surface area is 225 Å². The highest BCUT2D eigenvalue weighted by atomic mass is 32.2. The zero-order valence-corrected chi connectivity index (χ0v) is 21.9. The first-order valence-corrected chi connectivity index (χ1v) is 13.4. The fraction of sp³-hybridized carbons (Fsp3) is 0.333. The molecule has 198 valence electrons. The summed E-state index contributed by atoms with van der Waals surface area (Å²) < 4.78 is 11.5. The molecular weight excluding hydrogens is 506 g/mol. The van der Waals surface area contributed by atoms with Crippen molar-refractivity contribution < 1.29 is 19.2 Å². The summed E-state index contributed by atoms with van der Waals surface area (Å²) in [6.07, 6.45) is 8.18. The fourth-order valence-electron chi connectivity index (χ4n) is 3.87. The van der Waals surface area contributed by atoms with Crippen LogP contribution in [-0.2, 0) is 4.79 Å². The number of nitro benzene ring substituents is 1. The van der Waals surface area contributed by atoms with Gasteiger partial charge in [0, 0.05) is 17.7 Å². The number of nitrogens with one attached hydrogen (secondary N) is 1. The minimum absolute atomic E-state index is 0.00769. The molecule has 1 N–H and O–H groups in total. The lowest BCUT2D eigenvalue weighted by Crippen LogP contribution is -2.35. The van der Waals surface area contributed by atoms with E-state index < -0.39 is 10.8 Å². The smallest absolute Gasteiger partial charge is 0.283 e. The number of ether oxygens (including phenoxy) is 2. The first kappa shape index (κ1) is 27.1. The van der Waals surface area contributed by atoms with Crippen molar-refractivity contribution in [2.45, 2.75) is 45.4 Å². The Morgan fingerprint density at radius 1 is 1.05 bits per heavy atom. The molecule has 1 amide bonds. The van der Waals surface area contributed by atoms with Gasteiger partial charge in [0.25, 0.3) is 11.6 Å². The Morgan fingerprint density at radius 3 is 2.55 bits per heavy atom. The summed E-state index contributed by atoms with van der Waals surface area (Å²) >= 11 is 1.36. The van der Waals surface area contributed by atoms with E-state index in [-0.39, 0.29) is 30.3 Å². The van der Waals surface area contributed by atoms with Crippen molar-refractivity contribution in [1.29, 1.82) is 5.41 Å². The van der Waals surface area contributed by atoms with Crippen LogP contribution in [0.25, 0.3) is 6.08 Å². The molecule has 0 saturated carbocycles. The summed E-state index contributed by atoms with van der Waals surface area (Å²) in [6, 6.07) is 13.0. The first-order chi connectivity index (χ1) is 18.5. The van der Waals surface area contributed by atoms with E-state index >= 15 is 0 Å². The van der Waals surface area contributed by atoms with Crippen LogP contribution in [0.1, 0.15) is 51.0 Å². The van der Waals surface area contributed by atoms with Gasteiger partial charge in [-0.15, -0.1) is 0 Å². The largest absolute Gasteiger partial charge is 0.490 e. The summed E-state index contributed by atoms with van der Waals surface area (Å²) in [4.78, 5) is 27.3. The van der Waals surface area contributed by atoms with E-state index in [0.717, 1.165) is 24.3 Å². The van der Waals surface area contributed by atoms with Crippen molar-refractivity contribution in [3.8, 4) is 11.5 Å². The summed E-state index contributed by atoms with van der Waals surface area (Å²) in [7, 11) is 0. The summed E-state index contributed by atoms with van der Waals surface area (Å²) in [5.74, 6) is 0.526. The number of unbranched alkanes of at least 4 members (excludes halogenated alkanes) is 4. The molecule has 10 nitrogen and oxygen atoms in total. The highest BCUT2D eigenvalue weighted by Crippen LogP contribution is 2.31. The van der Waals surface area contributed by atoms with Crippen molar-refractivity contribution in [3.05, 3.63) is 69.8 Å². The molecule has 4 rings (SSSR count). The molecule has 11 heteroatoms. The number of thioether (sulfide) groups is 1. The van der Waals surface area contributed by atoms with Gasteiger partial charge in [-0.05, 0) is 48.9 Å². The van der Waals surface area contributed by atoms with Gasteiger partial charge in [0.05, 0.1) is 10.5 Å². The van der Waals surface area contributed by atoms with Crippen LogP contribution >= 0.6 is 11.8 Å². The van der Waals surface area contributed by atoms with Gasteiger partial charge in [-0.3, -0.25) is 20.3 Å². The lowest BCUT2D eigenvalue weighted by atomic mass is 10.1. The molecule has 0 radical (unpaired) electrons. The normalized spacial score (nSPS) is 15.8. The number of hydrogen-bond acceptors (Lipinski definition) is 8. The number of para-hydroxylation sites is 1. The number of non-ortho nitro benzene ring substituents is 1. The average molecular weight is 536 g/mol. The maximum atomic E-state index is 12.8. The van der Waals surface area contributed by atoms with Crippen LogP contribution in [0.15, 0.2) is 64.2 Å². The Kier molecular flexibility index (Phi) is 9.26. The van der Waals surface area contributed by atoms with Crippen LogP contribution in [0, 0.1) is 15.5 Å². The van der Waals surface area contributed by atoms with Crippen molar-refractivity contribution in [2.24, 2.45) is 10.1 Å². The molecule has 0 aliphatic carbocycles. The minimum Gasteiger partial charge on any atom is -0.490 e. The first-order valence-electron chi connectivity index (χ1n) is 12.5. The van der Waals surface area contributed by atoms with Gasteiger partial charge in [0.2, 0.25) is 5.17 Å².